The Hall–Kier alpha value is -2.07. The summed E-state index contributed by atoms with van der Waals surface area (Å²) in [7, 11) is 1.42. The average molecular weight is 280 g/mol. The molecule has 0 atom stereocenters. The summed E-state index contributed by atoms with van der Waals surface area (Å²) in [6.45, 7) is 0. The van der Waals surface area contributed by atoms with Crippen molar-refractivity contribution in [3.05, 3.63) is 58.9 Å². The van der Waals surface area contributed by atoms with E-state index in [1.165, 1.54) is 19.2 Å². The number of benzene rings is 2. The van der Waals surface area contributed by atoms with Gasteiger partial charge in [0.05, 0.1) is 23.4 Å². The highest BCUT2D eigenvalue weighted by Gasteiger charge is 2.14. The minimum atomic E-state index is -0.509. The van der Waals surface area contributed by atoms with Crippen LogP contribution in [0.25, 0.3) is 0 Å². The number of methoxy groups -OCH3 is 1. The molecule has 2 aromatic rings. The number of halogens is 2. The first-order valence-electron chi connectivity index (χ1n) is 5.51. The minimum absolute atomic E-state index is 0.113. The van der Waals surface area contributed by atoms with E-state index in [1.807, 2.05) is 0 Å². The van der Waals surface area contributed by atoms with Crippen LogP contribution in [0, 0.1) is 5.82 Å². The predicted molar refractivity (Wildman–Crippen MR) is 72.4 cm³/mol. The van der Waals surface area contributed by atoms with E-state index < -0.39 is 11.7 Å². The second kappa shape index (κ2) is 5.71. The predicted octanol–water partition coefficient (Wildman–Crippen LogP) is 3.74. The molecule has 0 bridgehead atoms. The molecule has 3 nitrogen and oxygen atoms in total. The number of amides is 1. The van der Waals surface area contributed by atoms with Gasteiger partial charge in [-0.1, -0.05) is 23.7 Å². The van der Waals surface area contributed by atoms with E-state index in [4.69, 9.17) is 16.3 Å². The Bertz CT molecular complexity index is 616. The van der Waals surface area contributed by atoms with Crippen LogP contribution in [-0.4, -0.2) is 13.0 Å². The molecule has 1 N–H and O–H groups in total. The lowest BCUT2D eigenvalue weighted by Crippen LogP contribution is -2.13. The Labute approximate surface area is 115 Å². The van der Waals surface area contributed by atoms with Crippen molar-refractivity contribution < 1.29 is 13.9 Å². The van der Waals surface area contributed by atoms with Crippen molar-refractivity contribution in [2.24, 2.45) is 0 Å². The van der Waals surface area contributed by atoms with Crippen LogP contribution >= 0.6 is 11.6 Å². The summed E-state index contributed by atoms with van der Waals surface area (Å²) >= 11 is 5.94. The fourth-order valence-corrected chi connectivity index (χ4v) is 1.79. The quantitative estimate of drug-likeness (QED) is 0.929. The van der Waals surface area contributed by atoms with Crippen molar-refractivity contribution in [2.75, 3.05) is 12.4 Å². The Morgan fingerprint density at radius 2 is 2.00 bits per heavy atom. The van der Waals surface area contributed by atoms with E-state index in [0.717, 1.165) is 6.07 Å². The maximum absolute atomic E-state index is 13.2. The molecule has 0 radical (unpaired) electrons. The summed E-state index contributed by atoms with van der Waals surface area (Å²) in [5.41, 5.74) is 0.572. The van der Waals surface area contributed by atoms with Crippen molar-refractivity contribution >= 4 is 23.2 Å². The lowest BCUT2D eigenvalue weighted by Gasteiger charge is -2.10. The summed E-state index contributed by atoms with van der Waals surface area (Å²) in [5, 5.41) is 3.02. The van der Waals surface area contributed by atoms with Gasteiger partial charge in [-0.2, -0.15) is 0 Å². The monoisotopic (exact) mass is 279 g/mol. The summed E-state index contributed by atoms with van der Waals surface area (Å²) < 4.78 is 18.2. The van der Waals surface area contributed by atoms with E-state index in [0.29, 0.717) is 16.5 Å². The molecule has 0 saturated heterocycles. The molecule has 0 fully saturated rings. The Balaban J connectivity index is 2.30. The highest BCUT2D eigenvalue weighted by Crippen LogP contribution is 2.24. The number of hydrogen-bond donors (Lipinski definition) is 1. The van der Waals surface area contributed by atoms with E-state index in [1.54, 1.807) is 24.3 Å². The second-order valence-electron chi connectivity index (χ2n) is 3.78. The van der Waals surface area contributed by atoms with E-state index >= 15 is 0 Å². The maximum atomic E-state index is 13.2. The van der Waals surface area contributed by atoms with Gasteiger partial charge in [0, 0.05) is 0 Å². The Kier molecular flexibility index (Phi) is 4.02. The zero-order chi connectivity index (χ0) is 13.8. The number of anilines is 1. The third-order valence-corrected chi connectivity index (χ3v) is 2.86. The van der Waals surface area contributed by atoms with Gasteiger partial charge in [-0.3, -0.25) is 4.79 Å². The van der Waals surface area contributed by atoms with E-state index in [-0.39, 0.29) is 5.56 Å². The smallest absolute Gasteiger partial charge is 0.259 e. The standard InChI is InChI=1S/C14H11ClFNO2/c1-19-13-7-6-9(16)8-10(13)14(18)17-12-5-3-2-4-11(12)15/h2-8H,1H3,(H,17,18). The molecule has 19 heavy (non-hydrogen) atoms. The van der Waals surface area contributed by atoms with Gasteiger partial charge in [-0.25, -0.2) is 4.39 Å². The summed E-state index contributed by atoms with van der Waals surface area (Å²) in [5.74, 6) is -0.694. The fraction of sp³-hybridized carbons (Fsp3) is 0.0714. The highest BCUT2D eigenvalue weighted by molar-refractivity contribution is 6.33. The van der Waals surface area contributed by atoms with Crippen LogP contribution in [0.3, 0.4) is 0 Å². The van der Waals surface area contributed by atoms with Crippen molar-refractivity contribution in [1.82, 2.24) is 0 Å². The van der Waals surface area contributed by atoms with Crippen LogP contribution in [0.4, 0.5) is 10.1 Å². The molecule has 0 heterocycles. The largest absolute Gasteiger partial charge is 0.496 e. The van der Waals surface area contributed by atoms with Crippen LogP contribution in [0.15, 0.2) is 42.5 Å². The lowest BCUT2D eigenvalue weighted by molar-refractivity contribution is 0.102. The molecule has 0 unspecified atom stereocenters. The Morgan fingerprint density at radius 1 is 1.26 bits per heavy atom. The molecule has 0 saturated carbocycles. The number of nitrogens with one attached hydrogen (secondary N) is 1. The van der Waals surface area contributed by atoms with E-state index in [2.05, 4.69) is 5.32 Å². The van der Waals surface area contributed by atoms with Crippen LogP contribution in [0.1, 0.15) is 10.4 Å². The van der Waals surface area contributed by atoms with Gasteiger partial charge < -0.3 is 10.1 Å². The van der Waals surface area contributed by atoms with Gasteiger partial charge in [-0.05, 0) is 30.3 Å². The average Bonchev–Trinajstić information content (AvgIpc) is 2.41. The molecule has 2 rings (SSSR count). The van der Waals surface area contributed by atoms with Crippen LogP contribution in [0.2, 0.25) is 5.02 Å². The van der Waals surface area contributed by atoms with Crippen molar-refractivity contribution in [3.63, 3.8) is 0 Å². The molecular formula is C14H11ClFNO2. The third kappa shape index (κ3) is 3.03. The zero-order valence-electron chi connectivity index (χ0n) is 10.1. The van der Waals surface area contributed by atoms with Crippen molar-refractivity contribution in [3.8, 4) is 5.75 Å². The molecule has 0 spiro atoms. The molecule has 0 aliphatic carbocycles. The van der Waals surface area contributed by atoms with Gasteiger partial charge >= 0.3 is 0 Å². The molecule has 1 amide bonds. The first kappa shape index (κ1) is 13.4. The number of rotatable bonds is 3. The van der Waals surface area contributed by atoms with Gasteiger partial charge in [0.25, 0.3) is 5.91 Å². The molecule has 0 aliphatic heterocycles. The first-order valence-corrected chi connectivity index (χ1v) is 5.89. The van der Waals surface area contributed by atoms with Gasteiger partial charge in [0.2, 0.25) is 0 Å². The third-order valence-electron chi connectivity index (χ3n) is 2.53. The number of ether oxygens (including phenoxy) is 1. The summed E-state index contributed by atoms with van der Waals surface area (Å²) in [6, 6.07) is 10.5. The Morgan fingerprint density at radius 3 is 2.68 bits per heavy atom. The van der Waals surface area contributed by atoms with Crippen LogP contribution < -0.4 is 10.1 Å². The van der Waals surface area contributed by atoms with Gasteiger partial charge in [0.15, 0.2) is 0 Å². The first-order chi connectivity index (χ1) is 9.11. The number of para-hydroxylation sites is 1. The molecule has 5 heteroatoms. The lowest BCUT2D eigenvalue weighted by atomic mass is 10.1. The van der Waals surface area contributed by atoms with Gasteiger partial charge in [0.1, 0.15) is 11.6 Å². The van der Waals surface area contributed by atoms with Gasteiger partial charge in [-0.15, -0.1) is 0 Å². The minimum Gasteiger partial charge on any atom is -0.496 e. The topological polar surface area (TPSA) is 38.3 Å². The maximum Gasteiger partial charge on any atom is 0.259 e. The molecule has 2 aromatic carbocycles. The number of carbonyl (C=O) groups is 1. The second-order valence-corrected chi connectivity index (χ2v) is 4.19. The highest BCUT2D eigenvalue weighted by atomic mass is 35.5. The van der Waals surface area contributed by atoms with E-state index in [9.17, 15) is 9.18 Å². The summed E-state index contributed by atoms with van der Waals surface area (Å²) in [6.07, 6.45) is 0. The number of hydrogen-bond acceptors (Lipinski definition) is 2. The normalized spacial score (nSPS) is 10.1. The molecule has 98 valence electrons. The van der Waals surface area contributed by atoms with Crippen molar-refractivity contribution in [2.45, 2.75) is 0 Å². The molecule has 0 aliphatic rings. The molecule has 0 aromatic heterocycles. The SMILES string of the molecule is COc1ccc(F)cc1C(=O)Nc1ccccc1Cl. The zero-order valence-corrected chi connectivity index (χ0v) is 10.9. The van der Waals surface area contributed by atoms with Crippen LogP contribution in [0.5, 0.6) is 5.75 Å². The van der Waals surface area contributed by atoms with Crippen LogP contribution in [-0.2, 0) is 0 Å². The summed E-state index contributed by atoms with van der Waals surface area (Å²) in [4.78, 5) is 12.1. The molecular weight excluding hydrogens is 269 g/mol. The number of carbonyl (C=O) groups excluding carboxylic acids is 1. The fourth-order valence-electron chi connectivity index (χ4n) is 1.61. The van der Waals surface area contributed by atoms with Crippen molar-refractivity contribution in [1.29, 1.82) is 0 Å².